The van der Waals surface area contributed by atoms with Crippen molar-refractivity contribution in [3.05, 3.63) is 169 Å². The maximum Gasteiger partial charge on any atom is 0.212 e. The van der Waals surface area contributed by atoms with Crippen LogP contribution in [-0.2, 0) is 28.2 Å². The van der Waals surface area contributed by atoms with Crippen LogP contribution in [0, 0.1) is 0 Å². The molecule has 2 aromatic carbocycles. The zero-order chi connectivity index (χ0) is 40.5. The van der Waals surface area contributed by atoms with Crippen LogP contribution in [0.15, 0.2) is 146 Å². The van der Waals surface area contributed by atoms with Crippen LogP contribution in [0.5, 0.6) is 0 Å². The van der Waals surface area contributed by atoms with Gasteiger partial charge < -0.3 is 59.6 Å². The first-order chi connectivity index (χ1) is 29.3. The number of benzene rings is 2. The first-order valence-corrected chi connectivity index (χ1v) is 20.2. The molecule has 0 spiro atoms. The van der Waals surface area contributed by atoms with Gasteiger partial charge in [0.2, 0.25) is 11.0 Å². The minimum atomic E-state index is 0. The highest BCUT2D eigenvalue weighted by atomic mass is 35.5. The van der Waals surface area contributed by atoms with E-state index in [1.807, 2.05) is 14.1 Å². The predicted molar refractivity (Wildman–Crippen MR) is 240 cm³/mol. The van der Waals surface area contributed by atoms with Crippen molar-refractivity contribution in [2.45, 2.75) is 0 Å². The van der Waals surface area contributed by atoms with Crippen LogP contribution >= 0.6 is 0 Å². The molecule has 2 N–H and O–H groups in total. The van der Waals surface area contributed by atoms with Crippen molar-refractivity contribution < 1.29 is 67.9 Å². The smallest absolute Gasteiger partial charge is 0.212 e. The van der Waals surface area contributed by atoms with Crippen molar-refractivity contribution in [2.75, 3.05) is 0 Å². The molecule has 8 bridgehead atoms. The number of aryl methyl sites for hydroxylation is 4. The Labute approximate surface area is 395 Å². The molecule has 64 heavy (non-hydrogen) atoms. The molecule has 2 aliphatic heterocycles. The Morgan fingerprint density at radius 3 is 1.03 bits per heavy atom. The zero-order valence-corrected chi connectivity index (χ0v) is 38.4. The number of aromatic amines is 2. The Kier molecular flexibility index (Phi) is 12.9. The fourth-order valence-electron chi connectivity index (χ4n) is 8.80. The summed E-state index contributed by atoms with van der Waals surface area (Å²) in [7, 11) is 8.26. The van der Waals surface area contributed by atoms with Gasteiger partial charge in [0.15, 0.2) is 37.2 Å². The largest absolute Gasteiger partial charge is 1.00 e. The first kappa shape index (κ1) is 45.3. The van der Waals surface area contributed by atoms with Crippen molar-refractivity contribution in [2.24, 2.45) is 28.2 Å². The van der Waals surface area contributed by atoms with Crippen LogP contribution < -0.4 is 67.9 Å². The van der Waals surface area contributed by atoms with E-state index in [9.17, 15) is 0 Å². The molecule has 7 aromatic heterocycles. The third kappa shape index (κ3) is 7.95. The average molecular weight is 921 g/mol. The summed E-state index contributed by atoms with van der Waals surface area (Å²) in [5, 5.41) is 2.31. The van der Waals surface area contributed by atoms with E-state index in [2.05, 4.69) is 213 Å². The molecule has 0 radical (unpaired) electrons. The SMILES string of the molecule is C[n+]1ccc(-c2c3nc(c(-c4ccc5c(ccc[n+]5C)c4)c4ccc([nH]4)c(-c4cc[n+](C)cc4)c4nc(c(-c5ccc6c(ccc[n+]6C)c5)c5ccc2[nH]5)C=C4)C=C3)cc1.[Cl-].[Cl-].[Cl-].[Cl-]. The lowest BCUT2D eigenvalue weighted by molar-refractivity contribution is -0.671. The Morgan fingerprint density at radius 2 is 0.688 bits per heavy atom. The Bertz CT molecular complexity index is 3250. The Balaban J connectivity index is 0.00000153. The molecule has 0 saturated heterocycles. The van der Waals surface area contributed by atoms with Crippen LogP contribution in [-0.4, -0.2) is 19.9 Å². The number of nitrogens with zero attached hydrogens (tertiary/aromatic N) is 6. The maximum atomic E-state index is 5.50. The molecule has 11 rings (SSSR count). The number of aromatic nitrogens is 8. The Hall–Kier alpha value is -6.68. The van der Waals surface area contributed by atoms with Crippen molar-refractivity contribution in [3.8, 4) is 44.5 Å². The van der Waals surface area contributed by atoms with Gasteiger partial charge in [0, 0.05) is 104 Å². The number of hydrogen-bond acceptors (Lipinski definition) is 2. The monoisotopic (exact) mass is 918 g/mol. The number of fused-ring (bicyclic) bond motifs is 10. The van der Waals surface area contributed by atoms with Crippen molar-refractivity contribution >= 4 is 68.2 Å². The molecule has 0 unspecified atom stereocenters. The molecule has 9 heterocycles. The standard InChI is InChI=1S/C52H41N8.4ClH/c1-57-27-21-33(22-28-57)49-39-11-15-43(53-39)51(37-9-19-47-35(31-37)7-5-25-59(47)3)45-17-13-41(55-45)50(34-23-29-58(2)30-24-34)42-14-18-46(56-42)52(44-16-12-40(49)54-44)38-10-20-48-36(32-38)8-6-26-60(48)4;;;;/h5-32H,1-4H3,(H,53,54,55,56);4*1H/q+3;;;;/p-3. The molecule has 318 valence electrons. The predicted octanol–water partition coefficient (Wildman–Crippen LogP) is -3.06. The molecule has 0 saturated carbocycles. The molecule has 0 amide bonds. The van der Waals surface area contributed by atoms with Crippen molar-refractivity contribution in [1.29, 1.82) is 0 Å². The van der Waals surface area contributed by atoms with Gasteiger partial charge in [0.1, 0.15) is 28.2 Å². The van der Waals surface area contributed by atoms with Gasteiger partial charge in [0.05, 0.1) is 22.8 Å². The number of nitrogens with one attached hydrogen (secondary N) is 2. The highest BCUT2D eigenvalue weighted by Gasteiger charge is 2.21. The first-order valence-electron chi connectivity index (χ1n) is 20.2. The number of pyridine rings is 4. The summed E-state index contributed by atoms with van der Waals surface area (Å²) in [6.07, 6.45) is 21.1. The summed E-state index contributed by atoms with van der Waals surface area (Å²) < 4.78 is 8.43. The molecular weight excluding hydrogens is 878 g/mol. The quantitative estimate of drug-likeness (QED) is 0.185. The molecule has 2 aliphatic rings. The maximum absolute atomic E-state index is 5.50. The van der Waals surface area contributed by atoms with Gasteiger partial charge in [0.25, 0.3) is 0 Å². The average Bonchev–Trinajstić information content (AvgIpc) is 4.11. The van der Waals surface area contributed by atoms with Gasteiger partial charge in [-0.15, -0.1) is 0 Å². The van der Waals surface area contributed by atoms with E-state index in [1.54, 1.807) is 0 Å². The van der Waals surface area contributed by atoms with E-state index in [0.29, 0.717) is 0 Å². The third-order valence-electron chi connectivity index (χ3n) is 11.9. The Morgan fingerprint density at radius 1 is 0.359 bits per heavy atom. The summed E-state index contributed by atoms with van der Waals surface area (Å²) in [5.74, 6) is 0. The zero-order valence-electron chi connectivity index (χ0n) is 35.4. The summed E-state index contributed by atoms with van der Waals surface area (Å²) in [6.45, 7) is 0. The van der Waals surface area contributed by atoms with Crippen LogP contribution in [0.3, 0.4) is 0 Å². The fraction of sp³-hybridized carbons (Fsp3) is 0.0769. The second-order valence-electron chi connectivity index (χ2n) is 15.8. The highest BCUT2D eigenvalue weighted by molar-refractivity contribution is 6.01. The summed E-state index contributed by atoms with van der Waals surface area (Å²) in [5.41, 5.74) is 18.1. The van der Waals surface area contributed by atoms with Gasteiger partial charge in [-0.2, -0.15) is 0 Å². The van der Waals surface area contributed by atoms with E-state index in [4.69, 9.17) is 9.97 Å². The van der Waals surface area contributed by atoms with Crippen molar-refractivity contribution in [3.63, 3.8) is 0 Å². The van der Waals surface area contributed by atoms with Gasteiger partial charge >= 0.3 is 0 Å². The van der Waals surface area contributed by atoms with Crippen LogP contribution in [0.2, 0.25) is 0 Å². The molecular formula is C52H42Cl4N8. The van der Waals surface area contributed by atoms with Gasteiger partial charge in [-0.1, -0.05) is 0 Å². The van der Waals surface area contributed by atoms with Crippen LogP contribution in [0.1, 0.15) is 22.8 Å². The van der Waals surface area contributed by atoms with E-state index in [1.165, 1.54) is 0 Å². The highest BCUT2D eigenvalue weighted by Crippen LogP contribution is 2.39. The molecule has 0 fully saturated rings. The van der Waals surface area contributed by atoms with Gasteiger partial charge in [-0.3, -0.25) is 0 Å². The summed E-state index contributed by atoms with van der Waals surface area (Å²) >= 11 is 0. The van der Waals surface area contributed by atoms with E-state index in [-0.39, 0.29) is 49.6 Å². The number of halogens is 4. The molecule has 8 nitrogen and oxygen atoms in total. The van der Waals surface area contributed by atoms with E-state index < -0.39 is 0 Å². The summed E-state index contributed by atoms with van der Waals surface area (Å²) in [6, 6.07) is 39.3. The molecule has 12 heteroatoms. The number of rotatable bonds is 4. The third-order valence-corrected chi connectivity index (χ3v) is 11.9. The van der Waals surface area contributed by atoms with E-state index >= 15 is 0 Å². The normalized spacial score (nSPS) is 11.4. The van der Waals surface area contributed by atoms with Gasteiger partial charge in [-0.25, -0.2) is 28.2 Å². The minimum absolute atomic E-state index is 0. The second-order valence-corrected chi connectivity index (χ2v) is 15.8. The topological polar surface area (TPSA) is 72.9 Å². The molecule has 9 aromatic rings. The number of hydrogen-bond donors (Lipinski definition) is 2. The molecule has 0 aliphatic carbocycles. The van der Waals surface area contributed by atoms with Crippen LogP contribution in [0.25, 0.3) is 113 Å². The van der Waals surface area contributed by atoms with Gasteiger partial charge in [-0.05, 0) is 107 Å². The minimum Gasteiger partial charge on any atom is -1.00 e. The second kappa shape index (κ2) is 18.2. The lowest BCUT2D eigenvalue weighted by atomic mass is 10.0. The molecule has 0 atom stereocenters. The van der Waals surface area contributed by atoms with Crippen molar-refractivity contribution in [1.82, 2.24) is 19.9 Å². The summed E-state index contributed by atoms with van der Waals surface area (Å²) in [4.78, 5) is 18.8. The number of H-pyrrole nitrogens is 2. The lowest BCUT2D eigenvalue weighted by Gasteiger charge is -2.07. The fourth-order valence-corrected chi connectivity index (χ4v) is 8.80. The van der Waals surface area contributed by atoms with E-state index in [0.717, 1.165) is 111 Å². The van der Waals surface area contributed by atoms with Crippen LogP contribution in [0.4, 0.5) is 0 Å². The lowest BCUT2D eigenvalue weighted by Crippen LogP contribution is -3.00.